The Morgan fingerprint density at radius 3 is 2.35 bits per heavy atom. The molecule has 8 N–H and O–H groups in total. The number of piperidine rings is 2. The minimum absolute atomic E-state index is 0.0222. The van der Waals surface area contributed by atoms with Gasteiger partial charge in [-0.3, -0.25) is 57.9 Å². The van der Waals surface area contributed by atoms with Crippen molar-refractivity contribution in [2.45, 2.75) is 113 Å². The molecule has 24 heteroatoms. The summed E-state index contributed by atoms with van der Waals surface area (Å²) in [4.78, 5) is 145. The number of fused-ring (bicyclic) bond motifs is 2. The van der Waals surface area contributed by atoms with Crippen molar-refractivity contribution in [2.24, 2.45) is 11.7 Å². The molecule has 5 aromatic rings. The summed E-state index contributed by atoms with van der Waals surface area (Å²) >= 11 is 0.915. The van der Waals surface area contributed by atoms with Crippen LogP contribution in [0.5, 0.6) is 0 Å². The number of likely N-dealkylation sites (tertiary alicyclic amines) is 1. The number of rotatable bonds is 16. The Morgan fingerprint density at radius 1 is 0.866 bits per heavy atom. The molecule has 2 fully saturated rings. The number of alkyl halides is 2. The zero-order valence-electron chi connectivity index (χ0n) is 44.0. The van der Waals surface area contributed by atoms with Gasteiger partial charge in [0.25, 0.3) is 11.8 Å². The number of thiophene rings is 1. The second-order valence-corrected chi connectivity index (χ2v) is 23.9. The normalized spacial score (nSPS) is 19.8. The molecule has 0 saturated carbocycles. The number of halogens is 2. The number of hydrogen-bond donors (Lipinski definition) is 7. The number of primary amides is 1. The van der Waals surface area contributed by atoms with E-state index in [0.717, 1.165) is 41.0 Å². The van der Waals surface area contributed by atoms with Gasteiger partial charge in [0.15, 0.2) is 0 Å². The van der Waals surface area contributed by atoms with Crippen molar-refractivity contribution in [3.05, 3.63) is 135 Å². The summed E-state index contributed by atoms with van der Waals surface area (Å²) in [5, 5.41) is 10.8. The van der Waals surface area contributed by atoms with Gasteiger partial charge in [-0.2, -0.15) is 8.78 Å². The van der Waals surface area contributed by atoms with E-state index in [4.69, 9.17) is 5.73 Å². The lowest BCUT2D eigenvalue weighted by atomic mass is 9.91. The molecule has 0 radical (unpaired) electrons. The molecule has 4 aromatic carbocycles. The number of aryl methyl sites for hydroxylation is 1. The smallest absolute Gasteiger partial charge is 0.370 e. The predicted octanol–water partition coefficient (Wildman–Crippen LogP) is 4.57. The topological polar surface area (TPSA) is 295 Å². The van der Waals surface area contributed by atoms with Gasteiger partial charge in [-0.25, -0.2) is 0 Å². The number of carbonyl (C=O) groups is 9. The van der Waals surface area contributed by atoms with Crippen LogP contribution in [-0.4, -0.2) is 110 Å². The van der Waals surface area contributed by atoms with Gasteiger partial charge in [-0.15, -0.1) is 11.3 Å². The SMILES string of the molecule is NC(=O)CC[C@H](NC(=O)[C@@H]1Cc2cccc3c2N1C(=O)[C@@H](NC(=O)c1cc2cc(C(F)(F)P(=O)(O)O)ccc2s1)CC3)C(=O)N[C@H](C(=O)N1CCC(CCC#Cc2ccc3c(c2)C(=O)N(C2CCC(=O)NC2=O)C3)CC1)c1ccccc1. The van der Waals surface area contributed by atoms with Crippen LogP contribution in [0.15, 0.2) is 91.0 Å². The maximum absolute atomic E-state index is 14.6. The maximum atomic E-state index is 14.6. The van der Waals surface area contributed by atoms with Crippen LogP contribution in [0, 0.1) is 17.8 Å². The van der Waals surface area contributed by atoms with Crippen molar-refractivity contribution >= 4 is 87.9 Å². The first-order valence-corrected chi connectivity index (χ1v) is 29.3. The Kier molecular flexibility index (Phi) is 16.3. The van der Waals surface area contributed by atoms with Crippen molar-refractivity contribution < 1.29 is 66.3 Å². The van der Waals surface area contributed by atoms with Gasteiger partial charge in [0.2, 0.25) is 41.4 Å². The zero-order chi connectivity index (χ0) is 58.2. The van der Waals surface area contributed by atoms with Crippen LogP contribution in [0.3, 0.4) is 0 Å². The highest BCUT2D eigenvalue weighted by molar-refractivity contribution is 7.52. The van der Waals surface area contributed by atoms with E-state index in [1.54, 1.807) is 59.5 Å². The monoisotopic (exact) mass is 1160 g/mol. The number of hydrogen-bond acceptors (Lipinski definition) is 11. The largest absolute Gasteiger partial charge is 0.399 e. The van der Waals surface area contributed by atoms with Crippen molar-refractivity contribution in [2.75, 3.05) is 18.0 Å². The summed E-state index contributed by atoms with van der Waals surface area (Å²) in [6, 6.07) is 17.8. The van der Waals surface area contributed by atoms with Crippen LogP contribution >= 0.6 is 18.9 Å². The van der Waals surface area contributed by atoms with Crippen LogP contribution in [0.25, 0.3) is 10.1 Å². The highest BCUT2D eigenvalue weighted by Gasteiger charge is 2.51. The van der Waals surface area contributed by atoms with Crippen LogP contribution in [0.2, 0.25) is 0 Å². The number of nitrogens with one attached hydrogen (secondary N) is 4. The van der Waals surface area contributed by atoms with Gasteiger partial charge < -0.3 is 41.3 Å². The number of para-hydroxylation sites is 1. The summed E-state index contributed by atoms with van der Waals surface area (Å²) in [6.07, 6.45) is 2.94. The van der Waals surface area contributed by atoms with Crippen LogP contribution in [0.4, 0.5) is 14.5 Å². The van der Waals surface area contributed by atoms with Gasteiger partial charge >= 0.3 is 13.3 Å². The van der Waals surface area contributed by atoms with Crippen molar-refractivity contribution in [3.63, 3.8) is 0 Å². The molecule has 20 nitrogen and oxygen atoms in total. The fourth-order valence-electron chi connectivity index (χ4n) is 11.4. The molecule has 1 unspecified atom stereocenters. The van der Waals surface area contributed by atoms with Gasteiger partial charge in [-0.05, 0) is 109 Å². The summed E-state index contributed by atoms with van der Waals surface area (Å²) in [6.45, 7) is 1.05. The summed E-state index contributed by atoms with van der Waals surface area (Å²) in [5.41, 5.74) is 4.39. The Bertz CT molecular complexity index is 3570. The highest BCUT2D eigenvalue weighted by Crippen LogP contribution is 2.59. The Labute approximate surface area is 472 Å². The molecular formula is C58H57F2N8O12PS. The number of benzene rings is 4. The maximum Gasteiger partial charge on any atom is 0.399 e. The fraction of sp³-hybridized carbons (Fsp3) is 0.362. The molecular weight excluding hydrogens is 1100 g/mol. The lowest BCUT2D eigenvalue weighted by Gasteiger charge is -2.35. The first kappa shape index (κ1) is 57.1. The van der Waals surface area contributed by atoms with Gasteiger partial charge in [-0.1, -0.05) is 72.5 Å². The molecule has 2 saturated heterocycles. The number of imide groups is 1. The summed E-state index contributed by atoms with van der Waals surface area (Å²) in [7, 11) is -5.87. The summed E-state index contributed by atoms with van der Waals surface area (Å²) < 4.78 is 41.1. The van der Waals surface area contributed by atoms with Crippen LogP contribution in [-0.2, 0) is 63.2 Å². The highest BCUT2D eigenvalue weighted by atomic mass is 32.1. The van der Waals surface area contributed by atoms with Crippen molar-refractivity contribution in [1.29, 1.82) is 0 Å². The molecule has 6 heterocycles. The molecule has 5 aliphatic heterocycles. The van der Waals surface area contributed by atoms with Crippen LogP contribution < -0.4 is 31.9 Å². The first-order chi connectivity index (χ1) is 39.1. The van der Waals surface area contributed by atoms with Crippen molar-refractivity contribution in [1.82, 2.24) is 31.1 Å². The number of carbonyl (C=O) groups excluding carboxylic acids is 9. The van der Waals surface area contributed by atoms with E-state index < -0.39 is 84.5 Å². The number of amides is 9. The fourth-order valence-corrected chi connectivity index (χ4v) is 12.8. The van der Waals surface area contributed by atoms with E-state index in [1.807, 2.05) is 12.1 Å². The molecule has 5 atom stereocenters. The lowest BCUT2D eigenvalue weighted by Crippen LogP contribution is -2.58. The zero-order valence-corrected chi connectivity index (χ0v) is 45.7. The van der Waals surface area contributed by atoms with Crippen molar-refractivity contribution in [3.8, 4) is 11.8 Å². The molecule has 10 rings (SSSR count). The van der Waals surface area contributed by atoms with E-state index >= 15 is 0 Å². The lowest BCUT2D eigenvalue weighted by molar-refractivity contribution is -0.139. The average molecular weight is 1160 g/mol. The van der Waals surface area contributed by atoms with Gasteiger partial charge in [0.05, 0.1) is 10.6 Å². The standard InChI is InChI=1S/C58H57F2N8O12PS/c59-58(60,81(78,79)80)39-16-20-45-38(28-39)30-46(82-45)54(74)63-42-17-15-35-11-6-12-36-29-44(68(50(35)36)56(42)76)53(73)62-41(18-21-47(61)69)51(71)65-49(34-9-2-1-3-10-34)57(77)66-25-23-32(24-26-66)7-4-5-8-33-13-14-37-31-67(55(75)40(37)27-33)43-19-22-48(70)64-52(43)72/h1-3,6,9-14,16,20,27-28,30,32,41-44,49H,4,7,15,17-19,21-26,29,31H2,(H2,61,69)(H,62,73)(H,63,74)(H,65,71)(H,64,70,72)(H2,78,79,80)/t41-,42-,43?,44-,49-/m0/s1. The summed E-state index contributed by atoms with van der Waals surface area (Å²) in [5.74, 6) is 1.45. The minimum atomic E-state index is -5.87. The third-order valence-corrected chi connectivity index (χ3v) is 17.9. The van der Waals surface area contributed by atoms with E-state index in [0.29, 0.717) is 71.4 Å². The molecule has 0 spiro atoms. The minimum Gasteiger partial charge on any atom is -0.370 e. The van der Waals surface area contributed by atoms with Crippen LogP contribution in [0.1, 0.15) is 117 Å². The Hall–Kier alpha value is -8.16. The second kappa shape index (κ2) is 23.4. The Morgan fingerprint density at radius 2 is 1.62 bits per heavy atom. The first-order valence-electron chi connectivity index (χ1n) is 26.9. The van der Waals surface area contributed by atoms with E-state index in [9.17, 15) is 66.3 Å². The number of nitrogens with two attached hydrogens (primary N) is 1. The molecule has 426 valence electrons. The van der Waals surface area contributed by atoms with E-state index in [-0.39, 0.29) is 79.0 Å². The van der Waals surface area contributed by atoms with Gasteiger partial charge in [0.1, 0.15) is 30.2 Å². The quantitative estimate of drug-likeness (QED) is 0.0406. The second-order valence-electron chi connectivity index (χ2n) is 21.2. The third-order valence-electron chi connectivity index (χ3n) is 15.8. The Balaban J connectivity index is 0.780. The number of nitrogens with zero attached hydrogens (tertiary/aromatic N) is 3. The number of anilines is 1. The molecule has 5 aliphatic rings. The predicted molar refractivity (Wildman–Crippen MR) is 294 cm³/mol. The third kappa shape index (κ3) is 11.8. The van der Waals surface area contributed by atoms with E-state index in [1.165, 1.54) is 21.9 Å². The van der Waals surface area contributed by atoms with Gasteiger partial charge in [0, 0.05) is 66.7 Å². The van der Waals surface area contributed by atoms with E-state index in [2.05, 4.69) is 33.1 Å². The molecule has 9 amide bonds. The molecule has 1 aromatic heterocycles. The molecule has 0 aliphatic carbocycles. The average Bonchev–Trinajstić information content (AvgIpc) is 3.35. The molecule has 0 bridgehead atoms. The molecule has 82 heavy (non-hydrogen) atoms.